The molecule has 1 heterocycles. The number of carbonyl (C=O) groups is 2. The molecular weight excluding hydrogens is 391 g/mol. The Balaban J connectivity index is 1.60. The number of nitrogens with zero attached hydrogens (tertiary/aromatic N) is 2. The maximum Gasteiger partial charge on any atom is 0.240 e. The van der Waals surface area contributed by atoms with Crippen molar-refractivity contribution in [3.05, 3.63) is 65.0 Å². The number of rotatable bonds is 5. The zero-order chi connectivity index (χ0) is 21.0. The smallest absolute Gasteiger partial charge is 0.240 e. The second kappa shape index (κ2) is 9.00. The molecule has 2 aromatic carbocycles. The van der Waals surface area contributed by atoms with Gasteiger partial charge in [-0.3, -0.25) is 9.59 Å². The fourth-order valence-electron chi connectivity index (χ4n) is 2.78. The quantitative estimate of drug-likeness (QED) is 0.579. The molecule has 2 N–H and O–H groups in total. The van der Waals surface area contributed by atoms with Gasteiger partial charge in [-0.05, 0) is 50.1 Å². The van der Waals surface area contributed by atoms with E-state index < -0.39 is 5.25 Å². The Bertz CT molecular complexity index is 1000. The summed E-state index contributed by atoms with van der Waals surface area (Å²) >= 11 is 1.17. The molecule has 1 atom stereocenters. The second-order valence-corrected chi connectivity index (χ2v) is 7.96. The molecule has 0 aromatic heterocycles. The third kappa shape index (κ3) is 5.51. The van der Waals surface area contributed by atoms with Crippen LogP contribution in [-0.4, -0.2) is 27.9 Å². The molecule has 6 nitrogen and oxygen atoms in total. The van der Waals surface area contributed by atoms with Gasteiger partial charge in [0.1, 0.15) is 11.1 Å². The molecule has 1 fully saturated rings. The van der Waals surface area contributed by atoms with Crippen LogP contribution in [0.15, 0.2) is 52.7 Å². The fraction of sp³-hybridized carbons (Fsp3) is 0.238. The maximum atomic E-state index is 13.0. The summed E-state index contributed by atoms with van der Waals surface area (Å²) in [5, 5.41) is 13.4. The average Bonchev–Trinajstić information content (AvgIpc) is 3.02. The standard InChI is InChI=1S/C21H21FN4O2S/c1-12-4-9-17(13(2)10-12)23-19(27)11-18-20(28)24-21(29-18)26-25-14(3)15-5-7-16(22)8-6-15/h4-10,18H,11H2,1-3H3,(H,23,27)(H,24,26,28)/b25-14+. The van der Waals surface area contributed by atoms with Crippen LogP contribution in [0.5, 0.6) is 0 Å². The first-order valence-corrected chi connectivity index (χ1v) is 9.92. The lowest BCUT2D eigenvalue weighted by molar-refractivity contribution is -0.122. The van der Waals surface area contributed by atoms with E-state index in [2.05, 4.69) is 20.8 Å². The molecule has 1 aliphatic rings. The van der Waals surface area contributed by atoms with Crippen molar-refractivity contribution in [2.75, 3.05) is 5.32 Å². The third-order valence-corrected chi connectivity index (χ3v) is 5.43. The number of halogens is 1. The first-order valence-electron chi connectivity index (χ1n) is 9.04. The average molecular weight is 412 g/mol. The van der Waals surface area contributed by atoms with Crippen LogP contribution >= 0.6 is 11.8 Å². The Morgan fingerprint density at radius 2 is 1.93 bits per heavy atom. The topological polar surface area (TPSA) is 82.9 Å². The molecule has 0 spiro atoms. The number of amides is 2. The number of nitrogens with one attached hydrogen (secondary N) is 2. The summed E-state index contributed by atoms with van der Waals surface area (Å²) in [7, 11) is 0. The number of amidine groups is 1. The molecule has 29 heavy (non-hydrogen) atoms. The Morgan fingerprint density at radius 3 is 2.62 bits per heavy atom. The van der Waals surface area contributed by atoms with Crippen LogP contribution in [0.3, 0.4) is 0 Å². The Morgan fingerprint density at radius 1 is 1.21 bits per heavy atom. The highest BCUT2D eigenvalue weighted by molar-refractivity contribution is 8.15. The van der Waals surface area contributed by atoms with Gasteiger partial charge in [0.05, 0.1) is 5.71 Å². The summed E-state index contributed by atoms with van der Waals surface area (Å²) in [4.78, 5) is 24.5. The third-order valence-electron chi connectivity index (χ3n) is 4.36. The molecule has 2 amide bonds. The monoisotopic (exact) mass is 412 g/mol. The predicted octanol–water partition coefficient (Wildman–Crippen LogP) is 3.78. The molecule has 1 saturated heterocycles. The molecule has 150 valence electrons. The van der Waals surface area contributed by atoms with Crippen LogP contribution in [-0.2, 0) is 9.59 Å². The van der Waals surface area contributed by atoms with E-state index in [0.717, 1.165) is 22.4 Å². The lowest BCUT2D eigenvalue weighted by Crippen LogP contribution is -2.28. The van der Waals surface area contributed by atoms with E-state index in [-0.39, 0.29) is 24.1 Å². The Kier molecular flexibility index (Phi) is 6.43. The van der Waals surface area contributed by atoms with Crippen molar-refractivity contribution in [1.82, 2.24) is 5.32 Å². The second-order valence-electron chi connectivity index (χ2n) is 6.76. The molecule has 2 aromatic rings. The van der Waals surface area contributed by atoms with E-state index in [1.54, 1.807) is 19.1 Å². The molecule has 1 aliphatic heterocycles. The zero-order valence-corrected chi connectivity index (χ0v) is 17.1. The van der Waals surface area contributed by atoms with Crippen LogP contribution in [0, 0.1) is 19.7 Å². The Hall–Kier alpha value is -3.00. The number of carbonyl (C=O) groups excluding carboxylic acids is 2. The summed E-state index contributed by atoms with van der Waals surface area (Å²) in [6, 6.07) is 11.7. The van der Waals surface area contributed by atoms with Crippen molar-refractivity contribution in [2.24, 2.45) is 10.2 Å². The van der Waals surface area contributed by atoms with Gasteiger partial charge in [0.25, 0.3) is 0 Å². The fourth-order valence-corrected chi connectivity index (χ4v) is 3.70. The Labute approximate surface area is 172 Å². The van der Waals surface area contributed by atoms with E-state index in [1.807, 2.05) is 32.0 Å². The normalized spacial score (nSPS) is 18.1. The van der Waals surface area contributed by atoms with Gasteiger partial charge in [0.2, 0.25) is 11.8 Å². The van der Waals surface area contributed by atoms with Crippen molar-refractivity contribution in [3.63, 3.8) is 0 Å². The SMILES string of the molecule is C/C(=N\N=C1/NC(=O)C(CC(=O)Nc2ccc(C)cc2C)S1)c1ccc(F)cc1. The molecule has 3 rings (SSSR count). The highest BCUT2D eigenvalue weighted by atomic mass is 32.2. The van der Waals surface area contributed by atoms with Crippen molar-refractivity contribution < 1.29 is 14.0 Å². The lowest BCUT2D eigenvalue weighted by atomic mass is 10.1. The van der Waals surface area contributed by atoms with E-state index in [1.165, 1.54) is 23.9 Å². The molecule has 8 heteroatoms. The van der Waals surface area contributed by atoms with E-state index in [0.29, 0.717) is 10.9 Å². The van der Waals surface area contributed by atoms with Crippen LogP contribution < -0.4 is 10.6 Å². The van der Waals surface area contributed by atoms with Gasteiger partial charge in [-0.25, -0.2) is 4.39 Å². The minimum atomic E-state index is -0.569. The first kappa shape index (κ1) is 20.7. The first-order chi connectivity index (χ1) is 13.8. The minimum absolute atomic E-state index is 0.0312. The van der Waals surface area contributed by atoms with Gasteiger partial charge in [0, 0.05) is 12.1 Å². The van der Waals surface area contributed by atoms with Crippen LogP contribution in [0.25, 0.3) is 0 Å². The summed E-state index contributed by atoms with van der Waals surface area (Å²) in [5.74, 6) is -0.843. The van der Waals surface area contributed by atoms with Gasteiger partial charge in [-0.2, -0.15) is 5.10 Å². The number of anilines is 1. The van der Waals surface area contributed by atoms with E-state index in [9.17, 15) is 14.0 Å². The van der Waals surface area contributed by atoms with Crippen LogP contribution in [0.2, 0.25) is 0 Å². The summed E-state index contributed by atoms with van der Waals surface area (Å²) < 4.78 is 13.0. The number of benzene rings is 2. The largest absolute Gasteiger partial charge is 0.326 e. The van der Waals surface area contributed by atoms with E-state index >= 15 is 0 Å². The summed E-state index contributed by atoms with van der Waals surface area (Å²) in [6.07, 6.45) is 0.0312. The molecule has 0 aliphatic carbocycles. The number of hydrogen-bond acceptors (Lipinski definition) is 5. The summed E-state index contributed by atoms with van der Waals surface area (Å²) in [5.41, 5.74) is 4.13. The van der Waals surface area contributed by atoms with Gasteiger partial charge in [-0.1, -0.05) is 41.6 Å². The molecule has 1 unspecified atom stereocenters. The van der Waals surface area contributed by atoms with Crippen LogP contribution in [0.1, 0.15) is 30.0 Å². The van der Waals surface area contributed by atoms with E-state index in [4.69, 9.17) is 0 Å². The van der Waals surface area contributed by atoms with Gasteiger partial charge in [0.15, 0.2) is 5.17 Å². The van der Waals surface area contributed by atoms with Gasteiger partial charge < -0.3 is 10.6 Å². The van der Waals surface area contributed by atoms with Crippen LogP contribution in [0.4, 0.5) is 10.1 Å². The summed E-state index contributed by atoms with van der Waals surface area (Å²) in [6.45, 7) is 5.65. The highest BCUT2D eigenvalue weighted by Gasteiger charge is 2.32. The number of hydrogen-bond donors (Lipinski definition) is 2. The predicted molar refractivity (Wildman–Crippen MR) is 115 cm³/mol. The van der Waals surface area contributed by atoms with Crippen molar-refractivity contribution in [1.29, 1.82) is 0 Å². The van der Waals surface area contributed by atoms with Crippen molar-refractivity contribution in [2.45, 2.75) is 32.4 Å². The maximum absolute atomic E-state index is 13.0. The number of thioether (sulfide) groups is 1. The van der Waals surface area contributed by atoms with Gasteiger partial charge in [-0.15, -0.1) is 5.10 Å². The molecule has 0 saturated carbocycles. The number of aryl methyl sites for hydroxylation is 2. The van der Waals surface area contributed by atoms with Crippen molar-refractivity contribution >= 4 is 40.1 Å². The minimum Gasteiger partial charge on any atom is -0.326 e. The molecular formula is C21H21FN4O2S. The van der Waals surface area contributed by atoms with Gasteiger partial charge >= 0.3 is 0 Å². The molecule has 0 bridgehead atoms. The van der Waals surface area contributed by atoms with Crippen molar-refractivity contribution in [3.8, 4) is 0 Å². The lowest BCUT2D eigenvalue weighted by Gasteiger charge is -2.10. The highest BCUT2D eigenvalue weighted by Crippen LogP contribution is 2.24. The zero-order valence-electron chi connectivity index (χ0n) is 16.3. The molecule has 0 radical (unpaired) electrons.